The molecular weight excluding hydrogens is 416 g/mol. The third-order valence-corrected chi connectivity index (χ3v) is 6.27. The third kappa shape index (κ3) is 3.03. The molecule has 8 nitrogen and oxygen atoms in total. The van der Waals surface area contributed by atoms with E-state index in [0.29, 0.717) is 10.3 Å². The molecule has 0 saturated heterocycles. The van der Waals surface area contributed by atoms with Crippen LogP contribution in [0.4, 0.5) is 10.3 Å². The molecule has 10 heteroatoms. The quantitative estimate of drug-likeness (QED) is 0.246. The first-order valence-electron chi connectivity index (χ1n) is 8.38. The second-order valence-corrected chi connectivity index (χ2v) is 8.13. The number of hydrogen-bond donors (Lipinski definition) is 0. The minimum Gasteiger partial charge on any atom is -0.351 e. The molecule has 2 heterocycles. The Morgan fingerprint density at radius 2 is 1.40 bits per heavy atom. The lowest BCUT2D eigenvalue weighted by Gasteiger charge is -2.05. The summed E-state index contributed by atoms with van der Waals surface area (Å²) in [5, 5.41) is 29.5. The molecular formula is C20H8N8S2. The van der Waals surface area contributed by atoms with E-state index in [1.165, 1.54) is 22.7 Å². The van der Waals surface area contributed by atoms with Crippen LogP contribution in [0.15, 0.2) is 22.1 Å². The number of aromatic nitrogens is 2. The molecule has 0 unspecified atom stereocenters. The van der Waals surface area contributed by atoms with Crippen LogP contribution in [0, 0.1) is 54.4 Å². The van der Waals surface area contributed by atoms with Gasteiger partial charge in [-0.15, -0.1) is 0 Å². The normalized spacial score (nSPS) is 11.1. The number of amidine groups is 1. The van der Waals surface area contributed by atoms with Gasteiger partial charge in [-0.25, -0.2) is 10.2 Å². The molecule has 2 aromatic carbocycles. The van der Waals surface area contributed by atoms with Gasteiger partial charge in [0, 0.05) is 10.8 Å². The number of fused-ring (bicyclic) bond motifs is 5. The fraction of sp³-hybridized carbons (Fsp3) is 0.100. The summed E-state index contributed by atoms with van der Waals surface area (Å²) in [5.74, 6) is -0.259. The molecule has 0 bridgehead atoms. The van der Waals surface area contributed by atoms with Gasteiger partial charge in [0.05, 0.1) is 20.4 Å². The number of aryl methyl sites for hydroxylation is 2. The first-order chi connectivity index (χ1) is 14.5. The molecule has 4 rings (SSSR count). The monoisotopic (exact) mass is 424 g/mol. The Morgan fingerprint density at radius 3 is 1.83 bits per heavy atom. The van der Waals surface area contributed by atoms with Crippen LogP contribution in [0.1, 0.15) is 11.1 Å². The number of hydrogen-bond acceptors (Lipinski definition) is 9. The maximum atomic E-state index is 8.97. The SMILES string of the molecule is [C-]#[N+]C(C#N)=Nc1nc2c(C)cc3c(cc(C)c4nc(N=C(C#N)C#N)sc43)c2s1. The van der Waals surface area contributed by atoms with Gasteiger partial charge in [-0.1, -0.05) is 34.2 Å². The number of rotatable bonds is 2. The van der Waals surface area contributed by atoms with Crippen molar-refractivity contribution < 1.29 is 0 Å². The minimum absolute atomic E-state index is 0.243. The molecule has 0 saturated carbocycles. The van der Waals surface area contributed by atoms with E-state index in [1.807, 2.05) is 26.0 Å². The zero-order valence-corrected chi connectivity index (χ0v) is 17.2. The zero-order chi connectivity index (χ0) is 21.4. The summed E-state index contributed by atoms with van der Waals surface area (Å²) in [5.41, 5.74) is 3.14. The molecule has 0 aliphatic carbocycles. The molecule has 0 aliphatic rings. The van der Waals surface area contributed by atoms with Crippen LogP contribution in [-0.4, -0.2) is 21.5 Å². The fourth-order valence-corrected chi connectivity index (χ4v) is 5.12. The van der Waals surface area contributed by atoms with Gasteiger partial charge in [0.2, 0.25) is 10.8 Å². The van der Waals surface area contributed by atoms with Crippen molar-refractivity contribution in [1.82, 2.24) is 9.97 Å². The fourth-order valence-electron chi connectivity index (χ4n) is 3.05. The van der Waals surface area contributed by atoms with Crippen LogP contribution < -0.4 is 0 Å². The van der Waals surface area contributed by atoms with Crippen LogP contribution in [-0.2, 0) is 0 Å². The molecule has 0 spiro atoms. The highest BCUT2D eigenvalue weighted by Crippen LogP contribution is 2.42. The molecule has 140 valence electrons. The molecule has 0 N–H and O–H groups in total. The largest absolute Gasteiger partial charge is 0.352 e. The van der Waals surface area contributed by atoms with E-state index in [0.717, 1.165) is 42.3 Å². The smallest absolute Gasteiger partial charge is 0.351 e. The Bertz CT molecular complexity index is 1450. The van der Waals surface area contributed by atoms with Crippen LogP contribution in [0.25, 0.3) is 36.1 Å². The van der Waals surface area contributed by atoms with Gasteiger partial charge in [0.25, 0.3) is 0 Å². The van der Waals surface area contributed by atoms with E-state index in [-0.39, 0.29) is 11.5 Å². The molecule has 0 amide bonds. The number of benzene rings is 2. The van der Waals surface area contributed by atoms with Gasteiger partial charge in [0.15, 0.2) is 0 Å². The summed E-state index contributed by atoms with van der Waals surface area (Å²) < 4.78 is 1.81. The maximum Gasteiger partial charge on any atom is 0.352 e. The van der Waals surface area contributed by atoms with Crippen molar-refractivity contribution in [1.29, 1.82) is 15.8 Å². The Balaban J connectivity index is 2.05. The predicted molar refractivity (Wildman–Crippen MR) is 117 cm³/mol. The highest BCUT2D eigenvalue weighted by molar-refractivity contribution is 7.24. The second-order valence-electron chi connectivity index (χ2n) is 6.17. The summed E-state index contributed by atoms with van der Waals surface area (Å²) in [6, 6.07) is 9.27. The van der Waals surface area contributed by atoms with Crippen molar-refractivity contribution in [2.75, 3.05) is 0 Å². The molecule has 0 fully saturated rings. The average Bonchev–Trinajstić information content (AvgIpc) is 3.36. The van der Waals surface area contributed by atoms with Crippen LogP contribution in [0.5, 0.6) is 0 Å². The summed E-state index contributed by atoms with van der Waals surface area (Å²) in [6.45, 7) is 10.9. The Hall–Kier alpha value is -4.22. The maximum absolute atomic E-state index is 8.97. The summed E-state index contributed by atoms with van der Waals surface area (Å²) in [7, 11) is 0. The Morgan fingerprint density at radius 1 is 0.900 bits per heavy atom. The lowest BCUT2D eigenvalue weighted by molar-refractivity contribution is 1.37. The van der Waals surface area contributed by atoms with E-state index < -0.39 is 0 Å². The van der Waals surface area contributed by atoms with Crippen molar-refractivity contribution >= 4 is 75.7 Å². The standard InChI is InChI=1S/C20H8N8S2/c1-9-4-13-12(17-15(9)27-19(29-17)25-11(6-21)7-22)5-10(2)16-18(13)30-20(28-16)26-14(8-23)24-3/h4-5H,1-2H3. The number of thiazole rings is 2. The Labute approximate surface area is 178 Å². The van der Waals surface area contributed by atoms with Gasteiger partial charge < -0.3 is 4.85 Å². The van der Waals surface area contributed by atoms with Crippen molar-refractivity contribution in [3.05, 3.63) is 34.7 Å². The zero-order valence-electron chi connectivity index (χ0n) is 15.5. The second kappa shape index (κ2) is 7.31. The van der Waals surface area contributed by atoms with Crippen molar-refractivity contribution in [2.24, 2.45) is 9.98 Å². The van der Waals surface area contributed by atoms with Gasteiger partial charge in [0.1, 0.15) is 18.2 Å². The van der Waals surface area contributed by atoms with Gasteiger partial charge >= 0.3 is 11.0 Å². The van der Waals surface area contributed by atoms with Crippen molar-refractivity contribution in [3.63, 3.8) is 0 Å². The predicted octanol–water partition coefficient (Wildman–Crippen LogP) is 5.27. The average molecular weight is 424 g/mol. The highest BCUT2D eigenvalue weighted by atomic mass is 32.1. The van der Waals surface area contributed by atoms with Crippen LogP contribution in [0.3, 0.4) is 0 Å². The molecule has 0 atom stereocenters. The molecule has 0 aliphatic heterocycles. The van der Waals surface area contributed by atoms with E-state index in [2.05, 4.69) is 24.8 Å². The molecule has 2 aromatic heterocycles. The van der Waals surface area contributed by atoms with E-state index in [9.17, 15) is 0 Å². The van der Waals surface area contributed by atoms with Crippen molar-refractivity contribution in [2.45, 2.75) is 13.8 Å². The van der Waals surface area contributed by atoms with Gasteiger partial charge in [-0.3, -0.25) is 0 Å². The molecule has 30 heavy (non-hydrogen) atoms. The van der Waals surface area contributed by atoms with Gasteiger partial charge in [-0.05, 0) is 37.1 Å². The van der Waals surface area contributed by atoms with E-state index >= 15 is 0 Å². The first-order valence-corrected chi connectivity index (χ1v) is 10.0. The number of aliphatic imine (C=N–C) groups is 2. The van der Waals surface area contributed by atoms with E-state index in [1.54, 1.807) is 18.2 Å². The Kier molecular flexibility index (Phi) is 4.66. The van der Waals surface area contributed by atoms with Gasteiger partial charge in [-0.2, -0.15) is 20.5 Å². The lowest BCUT2D eigenvalue weighted by atomic mass is 10.0. The lowest BCUT2D eigenvalue weighted by Crippen LogP contribution is -1.85. The number of nitrogens with zero attached hydrogens (tertiary/aromatic N) is 8. The topological polar surface area (TPSA) is 126 Å². The van der Waals surface area contributed by atoms with E-state index in [4.69, 9.17) is 22.4 Å². The first kappa shape index (κ1) is 19.1. The highest BCUT2D eigenvalue weighted by Gasteiger charge is 2.18. The van der Waals surface area contributed by atoms with Crippen molar-refractivity contribution in [3.8, 4) is 18.2 Å². The third-order valence-electron chi connectivity index (χ3n) is 4.31. The van der Waals surface area contributed by atoms with Crippen LogP contribution in [0.2, 0.25) is 0 Å². The molecule has 4 aromatic rings. The van der Waals surface area contributed by atoms with Crippen LogP contribution >= 0.6 is 22.7 Å². The summed E-state index contributed by atoms with van der Waals surface area (Å²) in [6.07, 6.45) is 0. The molecule has 0 radical (unpaired) electrons. The summed E-state index contributed by atoms with van der Waals surface area (Å²) in [4.78, 5) is 20.2. The summed E-state index contributed by atoms with van der Waals surface area (Å²) >= 11 is 2.63. The number of nitriles is 3. The minimum atomic E-state index is -0.259.